The van der Waals surface area contributed by atoms with Crippen LogP contribution in [0.4, 0.5) is 0 Å². The van der Waals surface area contributed by atoms with Crippen LogP contribution < -0.4 is 0 Å². The molecule has 0 radical (unpaired) electrons. The van der Waals surface area contributed by atoms with Gasteiger partial charge in [0.2, 0.25) is 5.24 Å². The summed E-state index contributed by atoms with van der Waals surface area (Å²) in [4.78, 5) is 11.1. The SMILES string of the molecule is C[C@H](C(=O)Cl)c1ccc(C[C@H]2CCC[C@@H]2O)cc1. The van der Waals surface area contributed by atoms with Crippen molar-refractivity contribution in [3.8, 4) is 0 Å². The minimum absolute atomic E-state index is 0.145. The highest BCUT2D eigenvalue weighted by Crippen LogP contribution is 2.29. The van der Waals surface area contributed by atoms with Gasteiger partial charge in [-0.05, 0) is 47.9 Å². The van der Waals surface area contributed by atoms with Crippen LogP contribution in [0.25, 0.3) is 0 Å². The molecule has 1 fully saturated rings. The van der Waals surface area contributed by atoms with Crippen molar-refractivity contribution >= 4 is 16.8 Å². The molecule has 1 aliphatic carbocycles. The first-order chi connectivity index (χ1) is 8.58. The molecule has 98 valence electrons. The van der Waals surface area contributed by atoms with Crippen LogP contribution in [-0.2, 0) is 11.2 Å². The normalized spacial score (nSPS) is 25.1. The van der Waals surface area contributed by atoms with Crippen molar-refractivity contribution in [3.63, 3.8) is 0 Å². The first kappa shape index (κ1) is 13.6. The number of benzene rings is 1. The van der Waals surface area contributed by atoms with Gasteiger partial charge in [-0.1, -0.05) is 37.6 Å². The fraction of sp³-hybridized carbons (Fsp3) is 0.533. The summed E-state index contributed by atoms with van der Waals surface area (Å²) in [6.45, 7) is 1.81. The molecule has 18 heavy (non-hydrogen) atoms. The van der Waals surface area contributed by atoms with Crippen LogP contribution in [-0.4, -0.2) is 16.5 Å². The van der Waals surface area contributed by atoms with E-state index in [0.717, 1.165) is 31.2 Å². The zero-order valence-electron chi connectivity index (χ0n) is 10.6. The third-order valence-corrected chi connectivity index (χ3v) is 4.26. The minimum atomic E-state index is -0.325. The van der Waals surface area contributed by atoms with E-state index in [9.17, 15) is 9.90 Å². The Morgan fingerprint density at radius 3 is 2.56 bits per heavy atom. The molecule has 1 aromatic rings. The number of carbonyl (C=O) groups is 1. The van der Waals surface area contributed by atoms with Gasteiger partial charge in [0.25, 0.3) is 0 Å². The van der Waals surface area contributed by atoms with E-state index in [0.29, 0.717) is 5.92 Å². The second-order valence-electron chi connectivity index (χ2n) is 5.23. The van der Waals surface area contributed by atoms with Gasteiger partial charge in [-0.3, -0.25) is 4.79 Å². The number of hydrogen-bond acceptors (Lipinski definition) is 2. The van der Waals surface area contributed by atoms with Crippen LogP contribution in [0.15, 0.2) is 24.3 Å². The van der Waals surface area contributed by atoms with Gasteiger partial charge in [0.1, 0.15) is 0 Å². The van der Waals surface area contributed by atoms with Crippen molar-refractivity contribution in [1.82, 2.24) is 0 Å². The molecule has 2 rings (SSSR count). The quantitative estimate of drug-likeness (QED) is 0.850. The van der Waals surface area contributed by atoms with Crippen molar-refractivity contribution in [2.24, 2.45) is 5.92 Å². The summed E-state index contributed by atoms with van der Waals surface area (Å²) in [5.74, 6) is 0.140. The van der Waals surface area contributed by atoms with Crippen LogP contribution >= 0.6 is 11.6 Å². The van der Waals surface area contributed by atoms with Gasteiger partial charge in [-0.25, -0.2) is 0 Å². The molecule has 0 unspecified atom stereocenters. The Morgan fingerprint density at radius 2 is 2.06 bits per heavy atom. The van der Waals surface area contributed by atoms with Gasteiger partial charge in [-0.2, -0.15) is 0 Å². The van der Waals surface area contributed by atoms with Crippen LogP contribution in [0.2, 0.25) is 0 Å². The molecule has 0 amide bonds. The highest BCUT2D eigenvalue weighted by Gasteiger charge is 2.25. The van der Waals surface area contributed by atoms with Gasteiger partial charge < -0.3 is 5.11 Å². The van der Waals surface area contributed by atoms with Gasteiger partial charge in [0, 0.05) is 0 Å². The maximum Gasteiger partial charge on any atom is 0.228 e. The van der Waals surface area contributed by atoms with E-state index < -0.39 is 0 Å². The molecule has 1 aromatic carbocycles. The number of rotatable bonds is 4. The van der Waals surface area contributed by atoms with Gasteiger partial charge >= 0.3 is 0 Å². The van der Waals surface area contributed by atoms with Gasteiger partial charge in [0.15, 0.2) is 0 Å². The lowest BCUT2D eigenvalue weighted by Gasteiger charge is -2.15. The van der Waals surface area contributed by atoms with Crippen LogP contribution in [0.3, 0.4) is 0 Å². The van der Waals surface area contributed by atoms with Gasteiger partial charge in [-0.15, -0.1) is 0 Å². The van der Waals surface area contributed by atoms with E-state index in [1.165, 1.54) is 5.56 Å². The van der Waals surface area contributed by atoms with Crippen LogP contribution in [0.1, 0.15) is 43.2 Å². The third kappa shape index (κ3) is 3.12. The lowest BCUT2D eigenvalue weighted by atomic mass is 9.94. The molecule has 3 atom stereocenters. The van der Waals surface area contributed by atoms with E-state index in [1.54, 1.807) is 0 Å². The molecule has 0 heterocycles. The fourth-order valence-corrected chi connectivity index (χ4v) is 2.76. The molecular formula is C15H19ClO2. The predicted octanol–water partition coefficient (Wildman–Crippen LogP) is 3.26. The number of hydrogen-bond donors (Lipinski definition) is 1. The van der Waals surface area contributed by atoms with E-state index in [-0.39, 0.29) is 17.3 Å². The Balaban J connectivity index is 2.01. The first-order valence-corrected chi connectivity index (χ1v) is 6.92. The van der Waals surface area contributed by atoms with E-state index in [1.807, 2.05) is 31.2 Å². The minimum Gasteiger partial charge on any atom is -0.393 e. The lowest BCUT2D eigenvalue weighted by Crippen LogP contribution is -2.15. The average molecular weight is 267 g/mol. The van der Waals surface area contributed by atoms with Crippen molar-refractivity contribution in [1.29, 1.82) is 0 Å². The molecule has 0 spiro atoms. The van der Waals surface area contributed by atoms with Gasteiger partial charge in [0.05, 0.1) is 12.0 Å². The molecule has 1 N–H and O–H groups in total. The van der Waals surface area contributed by atoms with Crippen molar-refractivity contribution in [2.75, 3.05) is 0 Å². The summed E-state index contributed by atoms with van der Waals surface area (Å²) in [7, 11) is 0. The summed E-state index contributed by atoms with van der Waals surface area (Å²) in [5, 5.41) is 9.48. The molecular weight excluding hydrogens is 248 g/mol. The fourth-order valence-electron chi connectivity index (χ4n) is 2.63. The monoisotopic (exact) mass is 266 g/mol. The summed E-state index contributed by atoms with van der Waals surface area (Å²) < 4.78 is 0. The second kappa shape index (κ2) is 5.85. The lowest BCUT2D eigenvalue weighted by molar-refractivity contribution is -0.112. The summed E-state index contributed by atoms with van der Waals surface area (Å²) in [5.41, 5.74) is 2.17. The van der Waals surface area contributed by atoms with Crippen LogP contribution in [0, 0.1) is 5.92 Å². The number of halogens is 1. The molecule has 0 bridgehead atoms. The highest BCUT2D eigenvalue weighted by atomic mass is 35.5. The standard InChI is InChI=1S/C15H19ClO2/c1-10(15(16)18)12-7-5-11(6-8-12)9-13-3-2-4-14(13)17/h5-8,10,13-14,17H,2-4,9H2,1H3/t10-,13+,14-/m0/s1. The molecule has 0 aliphatic heterocycles. The molecule has 0 aromatic heterocycles. The van der Waals surface area contributed by atoms with Crippen molar-refractivity contribution < 1.29 is 9.90 Å². The largest absolute Gasteiger partial charge is 0.393 e. The summed E-state index contributed by atoms with van der Waals surface area (Å²) >= 11 is 5.49. The Kier molecular flexibility index (Phi) is 4.41. The second-order valence-corrected chi connectivity index (χ2v) is 5.60. The molecule has 0 saturated heterocycles. The maximum atomic E-state index is 11.1. The third-order valence-electron chi connectivity index (χ3n) is 3.94. The van der Waals surface area contributed by atoms with Crippen LogP contribution in [0.5, 0.6) is 0 Å². The van der Waals surface area contributed by atoms with Crippen molar-refractivity contribution in [3.05, 3.63) is 35.4 Å². The number of aliphatic hydroxyl groups excluding tert-OH is 1. The number of carbonyl (C=O) groups excluding carboxylic acids is 1. The summed E-state index contributed by atoms with van der Waals surface area (Å²) in [6, 6.07) is 8.00. The van der Waals surface area contributed by atoms with E-state index >= 15 is 0 Å². The van der Waals surface area contributed by atoms with E-state index in [2.05, 4.69) is 0 Å². The zero-order chi connectivity index (χ0) is 13.1. The molecule has 1 saturated carbocycles. The first-order valence-electron chi connectivity index (χ1n) is 6.54. The Morgan fingerprint density at radius 1 is 1.39 bits per heavy atom. The predicted molar refractivity (Wildman–Crippen MR) is 72.8 cm³/mol. The Hall–Kier alpha value is -0.860. The summed E-state index contributed by atoms with van der Waals surface area (Å²) in [6.07, 6.45) is 3.94. The zero-order valence-corrected chi connectivity index (χ0v) is 11.4. The topological polar surface area (TPSA) is 37.3 Å². The average Bonchev–Trinajstić information content (AvgIpc) is 2.75. The Labute approximate surface area is 113 Å². The molecule has 3 heteroatoms. The van der Waals surface area contributed by atoms with Crippen molar-refractivity contribution in [2.45, 2.75) is 44.6 Å². The maximum absolute atomic E-state index is 11.1. The highest BCUT2D eigenvalue weighted by molar-refractivity contribution is 6.64. The smallest absolute Gasteiger partial charge is 0.228 e. The molecule has 2 nitrogen and oxygen atoms in total. The Bertz CT molecular complexity index is 413. The molecule has 1 aliphatic rings. The number of aliphatic hydroxyl groups is 1. The van der Waals surface area contributed by atoms with E-state index in [4.69, 9.17) is 11.6 Å².